The monoisotopic (exact) mass is 212 g/mol. The minimum atomic E-state index is 0.555. The van der Waals surface area contributed by atoms with Crippen molar-refractivity contribution in [2.45, 2.75) is 52.0 Å². The Bertz CT molecular complexity index is 203. The third-order valence-electron chi connectivity index (χ3n) is 2.94. The van der Waals surface area contributed by atoms with Crippen LogP contribution in [0.25, 0.3) is 0 Å². The molecule has 1 aliphatic heterocycles. The molecule has 0 radical (unpaired) electrons. The predicted octanol–water partition coefficient (Wildman–Crippen LogP) is 1.48. The van der Waals surface area contributed by atoms with E-state index in [1.807, 2.05) is 0 Å². The SMILES string of the molecule is CCCN=C(NN)N1CCCCCC1C. The first-order chi connectivity index (χ1) is 7.29. The van der Waals surface area contributed by atoms with Gasteiger partial charge >= 0.3 is 0 Å². The summed E-state index contributed by atoms with van der Waals surface area (Å²) in [7, 11) is 0. The second-order valence-corrected chi connectivity index (χ2v) is 4.24. The van der Waals surface area contributed by atoms with Gasteiger partial charge in [-0.2, -0.15) is 0 Å². The highest BCUT2D eigenvalue weighted by Gasteiger charge is 2.19. The second kappa shape index (κ2) is 6.67. The number of hydrazine groups is 1. The van der Waals surface area contributed by atoms with E-state index >= 15 is 0 Å². The van der Waals surface area contributed by atoms with E-state index in [4.69, 9.17) is 5.84 Å². The zero-order valence-electron chi connectivity index (χ0n) is 10.00. The van der Waals surface area contributed by atoms with E-state index in [0.717, 1.165) is 25.5 Å². The van der Waals surface area contributed by atoms with Crippen LogP contribution in [0.4, 0.5) is 0 Å². The van der Waals surface area contributed by atoms with Crippen molar-refractivity contribution < 1.29 is 0 Å². The summed E-state index contributed by atoms with van der Waals surface area (Å²) >= 11 is 0. The van der Waals surface area contributed by atoms with E-state index in [2.05, 4.69) is 29.2 Å². The summed E-state index contributed by atoms with van der Waals surface area (Å²) in [5.74, 6) is 6.40. The van der Waals surface area contributed by atoms with E-state index in [1.165, 1.54) is 25.7 Å². The molecular weight excluding hydrogens is 188 g/mol. The average molecular weight is 212 g/mol. The van der Waals surface area contributed by atoms with Crippen molar-refractivity contribution in [3.05, 3.63) is 0 Å². The maximum absolute atomic E-state index is 5.54. The topological polar surface area (TPSA) is 53.6 Å². The van der Waals surface area contributed by atoms with Gasteiger partial charge in [0.2, 0.25) is 5.96 Å². The largest absolute Gasteiger partial charge is 0.339 e. The van der Waals surface area contributed by atoms with E-state index in [9.17, 15) is 0 Å². The zero-order chi connectivity index (χ0) is 11.1. The highest BCUT2D eigenvalue weighted by Crippen LogP contribution is 2.16. The zero-order valence-corrected chi connectivity index (χ0v) is 10.00. The number of hydrogen-bond acceptors (Lipinski definition) is 2. The van der Waals surface area contributed by atoms with Gasteiger partial charge in [-0.25, -0.2) is 5.84 Å². The van der Waals surface area contributed by atoms with Crippen LogP contribution in [0.2, 0.25) is 0 Å². The molecule has 1 fully saturated rings. The summed E-state index contributed by atoms with van der Waals surface area (Å²) in [6.07, 6.45) is 6.20. The van der Waals surface area contributed by atoms with Crippen molar-refractivity contribution in [1.29, 1.82) is 0 Å². The van der Waals surface area contributed by atoms with Crippen molar-refractivity contribution >= 4 is 5.96 Å². The standard InChI is InChI=1S/C11H24N4/c1-3-8-13-11(14-12)15-9-6-4-5-7-10(15)2/h10H,3-9,12H2,1-2H3,(H,13,14). The van der Waals surface area contributed by atoms with Crippen LogP contribution in [0.15, 0.2) is 4.99 Å². The Kier molecular flexibility index (Phi) is 5.47. The number of nitrogens with one attached hydrogen (secondary N) is 1. The molecule has 0 saturated carbocycles. The van der Waals surface area contributed by atoms with Gasteiger partial charge in [-0.3, -0.25) is 10.4 Å². The fourth-order valence-corrected chi connectivity index (χ4v) is 2.03. The molecule has 4 heteroatoms. The van der Waals surface area contributed by atoms with Crippen molar-refractivity contribution in [3.63, 3.8) is 0 Å². The van der Waals surface area contributed by atoms with Crippen molar-refractivity contribution in [3.8, 4) is 0 Å². The van der Waals surface area contributed by atoms with E-state index in [-0.39, 0.29) is 0 Å². The lowest BCUT2D eigenvalue weighted by Crippen LogP contribution is -2.48. The molecule has 88 valence electrons. The van der Waals surface area contributed by atoms with Crippen LogP contribution in [-0.2, 0) is 0 Å². The number of likely N-dealkylation sites (tertiary alicyclic amines) is 1. The molecule has 0 aliphatic carbocycles. The average Bonchev–Trinajstić information content (AvgIpc) is 2.45. The van der Waals surface area contributed by atoms with Crippen LogP contribution >= 0.6 is 0 Å². The molecule has 0 amide bonds. The minimum Gasteiger partial charge on any atom is -0.339 e. The maximum atomic E-state index is 5.54. The summed E-state index contributed by atoms with van der Waals surface area (Å²) in [5.41, 5.74) is 2.74. The molecule has 1 atom stereocenters. The van der Waals surface area contributed by atoms with Crippen LogP contribution in [-0.4, -0.2) is 30.0 Å². The Morgan fingerprint density at radius 3 is 2.93 bits per heavy atom. The number of nitrogens with zero attached hydrogens (tertiary/aromatic N) is 2. The van der Waals surface area contributed by atoms with Crippen molar-refractivity contribution in [1.82, 2.24) is 10.3 Å². The van der Waals surface area contributed by atoms with Crippen LogP contribution in [0.1, 0.15) is 46.0 Å². The van der Waals surface area contributed by atoms with E-state index < -0.39 is 0 Å². The van der Waals surface area contributed by atoms with Crippen molar-refractivity contribution in [2.75, 3.05) is 13.1 Å². The number of nitrogens with two attached hydrogens (primary N) is 1. The fraction of sp³-hybridized carbons (Fsp3) is 0.909. The molecule has 0 spiro atoms. The lowest BCUT2D eigenvalue weighted by Gasteiger charge is -2.29. The summed E-state index contributed by atoms with van der Waals surface area (Å²) in [5, 5.41) is 0. The lowest BCUT2D eigenvalue weighted by atomic mass is 10.1. The molecule has 1 rings (SSSR count). The van der Waals surface area contributed by atoms with E-state index in [1.54, 1.807) is 0 Å². The van der Waals surface area contributed by atoms with Gasteiger partial charge in [0.25, 0.3) is 0 Å². The minimum absolute atomic E-state index is 0.555. The molecule has 1 aliphatic rings. The smallest absolute Gasteiger partial charge is 0.208 e. The quantitative estimate of drug-likeness (QED) is 0.315. The predicted molar refractivity (Wildman–Crippen MR) is 64.6 cm³/mol. The maximum Gasteiger partial charge on any atom is 0.208 e. The van der Waals surface area contributed by atoms with Gasteiger partial charge in [0.1, 0.15) is 0 Å². The van der Waals surface area contributed by atoms with Gasteiger partial charge in [0.15, 0.2) is 0 Å². The molecule has 15 heavy (non-hydrogen) atoms. The molecule has 0 aromatic rings. The van der Waals surface area contributed by atoms with Crippen LogP contribution < -0.4 is 11.3 Å². The molecule has 1 heterocycles. The van der Waals surface area contributed by atoms with Crippen LogP contribution in [0.3, 0.4) is 0 Å². The highest BCUT2D eigenvalue weighted by atomic mass is 15.4. The summed E-state index contributed by atoms with van der Waals surface area (Å²) in [4.78, 5) is 6.79. The Balaban J connectivity index is 2.62. The molecule has 1 saturated heterocycles. The van der Waals surface area contributed by atoms with Gasteiger partial charge in [-0.05, 0) is 26.2 Å². The molecule has 1 unspecified atom stereocenters. The Hall–Kier alpha value is -0.770. The van der Waals surface area contributed by atoms with Gasteiger partial charge in [-0.1, -0.05) is 19.8 Å². The Morgan fingerprint density at radius 2 is 2.27 bits per heavy atom. The van der Waals surface area contributed by atoms with Gasteiger partial charge in [0, 0.05) is 19.1 Å². The molecule has 3 N–H and O–H groups in total. The normalized spacial score (nSPS) is 23.8. The summed E-state index contributed by atoms with van der Waals surface area (Å²) in [6.45, 7) is 6.31. The van der Waals surface area contributed by atoms with Gasteiger partial charge in [0.05, 0.1) is 0 Å². The fourth-order valence-electron chi connectivity index (χ4n) is 2.03. The highest BCUT2D eigenvalue weighted by molar-refractivity contribution is 5.79. The number of aliphatic imine (C=N–C) groups is 1. The van der Waals surface area contributed by atoms with Crippen LogP contribution in [0.5, 0.6) is 0 Å². The Labute approximate surface area is 92.9 Å². The third-order valence-corrected chi connectivity index (χ3v) is 2.94. The summed E-state index contributed by atoms with van der Waals surface area (Å²) in [6, 6.07) is 0.555. The number of guanidine groups is 1. The number of hydrogen-bond donors (Lipinski definition) is 2. The second-order valence-electron chi connectivity index (χ2n) is 4.24. The first-order valence-corrected chi connectivity index (χ1v) is 6.07. The van der Waals surface area contributed by atoms with E-state index in [0.29, 0.717) is 6.04 Å². The third kappa shape index (κ3) is 3.70. The molecule has 0 bridgehead atoms. The molecule has 0 aromatic heterocycles. The molecule has 4 nitrogen and oxygen atoms in total. The first kappa shape index (κ1) is 12.3. The van der Waals surface area contributed by atoms with Crippen LogP contribution in [0, 0.1) is 0 Å². The molecule has 0 aromatic carbocycles. The van der Waals surface area contributed by atoms with Crippen molar-refractivity contribution in [2.24, 2.45) is 10.8 Å². The Morgan fingerprint density at radius 1 is 1.47 bits per heavy atom. The van der Waals surface area contributed by atoms with Gasteiger partial charge < -0.3 is 4.90 Å². The first-order valence-electron chi connectivity index (χ1n) is 6.07. The number of rotatable bonds is 2. The van der Waals surface area contributed by atoms with Gasteiger partial charge in [-0.15, -0.1) is 0 Å². The lowest BCUT2D eigenvalue weighted by molar-refractivity contribution is 0.324. The summed E-state index contributed by atoms with van der Waals surface area (Å²) < 4.78 is 0. The molecular formula is C11H24N4.